The highest BCUT2D eigenvalue weighted by Crippen LogP contribution is 2.25. The van der Waals surface area contributed by atoms with Gasteiger partial charge in [-0.05, 0) is 18.2 Å². The van der Waals surface area contributed by atoms with Crippen LogP contribution in [0.2, 0.25) is 5.02 Å². The molecule has 6 nitrogen and oxygen atoms in total. The van der Waals surface area contributed by atoms with Gasteiger partial charge in [-0.25, -0.2) is 4.52 Å². The van der Waals surface area contributed by atoms with E-state index in [1.54, 1.807) is 41.3 Å². The number of amides is 1. The van der Waals surface area contributed by atoms with Gasteiger partial charge >= 0.3 is 0 Å². The van der Waals surface area contributed by atoms with Crippen molar-refractivity contribution >= 4 is 34.4 Å². The van der Waals surface area contributed by atoms with Gasteiger partial charge in [-0.1, -0.05) is 11.6 Å². The second-order valence-electron chi connectivity index (χ2n) is 4.16. The van der Waals surface area contributed by atoms with E-state index in [4.69, 9.17) is 17.3 Å². The average Bonchev–Trinajstić information content (AvgIpc) is 2.87. The minimum Gasteiger partial charge on any atom is -0.399 e. The van der Waals surface area contributed by atoms with Gasteiger partial charge in [0.25, 0.3) is 5.91 Å². The molecule has 20 heavy (non-hydrogen) atoms. The van der Waals surface area contributed by atoms with Gasteiger partial charge in [-0.15, -0.1) is 0 Å². The van der Waals surface area contributed by atoms with Crippen LogP contribution in [0.15, 0.2) is 43.0 Å². The predicted octanol–water partition coefficient (Wildman–Crippen LogP) is 2.22. The fourth-order valence-corrected chi connectivity index (χ4v) is 2.00. The van der Waals surface area contributed by atoms with Crippen LogP contribution in [-0.4, -0.2) is 20.5 Å². The molecule has 0 aliphatic heterocycles. The molecule has 0 radical (unpaired) electrons. The number of carbonyl (C=O) groups excluding carboxylic acids is 1. The summed E-state index contributed by atoms with van der Waals surface area (Å²) in [7, 11) is 0. The Morgan fingerprint density at radius 3 is 3.05 bits per heavy atom. The minimum absolute atomic E-state index is 0.319. The first-order valence-corrected chi connectivity index (χ1v) is 6.16. The summed E-state index contributed by atoms with van der Waals surface area (Å²) < 4.78 is 1.57. The van der Waals surface area contributed by atoms with E-state index < -0.39 is 0 Å². The SMILES string of the molecule is Nc1ccc(Cl)c(NC(=O)c2cnn3ccncc23)c1. The molecule has 0 atom stereocenters. The van der Waals surface area contributed by atoms with Gasteiger partial charge in [0.05, 0.1) is 34.2 Å². The van der Waals surface area contributed by atoms with Crippen molar-refractivity contribution in [2.75, 3.05) is 11.1 Å². The molecule has 2 heterocycles. The standard InChI is InChI=1S/C13H10ClN5O/c14-10-2-1-8(15)5-11(10)18-13(20)9-6-17-19-4-3-16-7-12(9)19/h1-7H,15H2,(H,18,20). The molecule has 0 saturated heterocycles. The molecular weight excluding hydrogens is 278 g/mol. The highest BCUT2D eigenvalue weighted by Gasteiger charge is 2.14. The monoisotopic (exact) mass is 287 g/mol. The number of carbonyl (C=O) groups is 1. The Bertz CT molecular complexity index is 798. The Balaban J connectivity index is 1.95. The molecule has 7 heteroatoms. The Morgan fingerprint density at radius 1 is 1.35 bits per heavy atom. The van der Waals surface area contributed by atoms with E-state index >= 15 is 0 Å². The van der Waals surface area contributed by atoms with Crippen LogP contribution in [0.3, 0.4) is 0 Å². The highest BCUT2D eigenvalue weighted by molar-refractivity contribution is 6.34. The molecule has 2 aromatic heterocycles. The van der Waals surface area contributed by atoms with Crippen LogP contribution in [0.1, 0.15) is 10.4 Å². The molecule has 0 aliphatic carbocycles. The number of halogens is 1. The molecule has 0 fully saturated rings. The maximum Gasteiger partial charge on any atom is 0.259 e. The van der Waals surface area contributed by atoms with Crippen LogP contribution in [0.4, 0.5) is 11.4 Å². The molecule has 3 rings (SSSR count). The number of benzene rings is 1. The van der Waals surface area contributed by atoms with Crippen LogP contribution in [0.5, 0.6) is 0 Å². The largest absolute Gasteiger partial charge is 0.399 e. The van der Waals surface area contributed by atoms with Crippen molar-refractivity contribution in [1.82, 2.24) is 14.6 Å². The number of nitrogens with zero attached hydrogens (tertiary/aromatic N) is 3. The lowest BCUT2D eigenvalue weighted by Gasteiger charge is -2.07. The van der Waals surface area contributed by atoms with Gasteiger partial charge in [0.1, 0.15) is 0 Å². The predicted molar refractivity (Wildman–Crippen MR) is 76.8 cm³/mol. The van der Waals surface area contributed by atoms with E-state index in [1.807, 2.05) is 0 Å². The van der Waals surface area contributed by atoms with Crippen molar-refractivity contribution < 1.29 is 4.79 Å². The number of hydrogen-bond donors (Lipinski definition) is 2. The Hall–Kier alpha value is -2.60. The Kier molecular flexibility index (Phi) is 3.00. The summed E-state index contributed by atoms with van der Waals surface area (Å²) in [5.41, 5.74) is 7.68. The maximum atomic E-state index is 12.3. The molecule has 100 valence electrons. The van der Waals surface area contributed by atoms with Crippen molar-refractivity contribution in [1.29, 1.82) is 0 Å². The van der Waals surface area contributed by atoms with Gasteiger partial charge < -0.3 is 11.1 Å². The Morgan fingerprint density at radius 2 is 2.20 bits per heavy atom. The number of fused-ring (bicyclic) bond motifs is 1. The molecule has 0 bridgehead atoms. The molecule has 0 unspecified atom stereocenters. The fourth-order valence-electron chi connectivity index (χ4n) is 1.84. The number of rotatable bonds is 2. The summed E-state index contributed by atoms with van der Waals surface area (Å²) >= 11 is 6.02. The molecular formula is C13H10ClN5O. The lowest BCUT2D eigenvalue weighted by Crippen LogP contribution is -2.12. The van der Waals surface area contributed by atoms with Crippen molar-refractivity contribution in [3.63, 3.8) is 0 Å². The maximum absolute atomic E-state index is 12.3. The summed E-state index contributed by atoms with van der Waals surface area (Å²) in [5, 5.41) is 7.21. The van der Waals surface area contributed by atoms with Crippen LogP contribution < -0.4 is 11.1 Å². The lowest BCUT2D eigenvalue weighted by atomic mass is 10.2. The lowest BCUT2D eigenvalue weighted by molar-refractivity contribution is 0.102. The molecule has 0 aliphatic rings. The third kappa shape index (κ3) is 2.17. The third-order valence-corrected chi connectivity index (χ3v) is 3.14. The minimum atomic E-state index is -0.319. The van der Waals surface area contributed by atoms with Crippen LogP contribution >= 0.6 is 11.6 Å². The number of nitrogen functional groups attached to an aromatic ring is 1. The van der Waals surface area contributed by atoms with Crippen molar-refractivity contribution in [3.05, 3.63) is 53.6 Å². The third-order valence-electron chi connectivity index (χ3n) is 2.81. The average molecular weight is 288 g/mol. The van der Waals surface area contributed by atoms with E-state index in [-0.39, 0.29) is 5.91 Å². The molecule has 3 aromatic rings. The number of hydrogen-bond acceptors (Lipinski definition) is 4. The van der Waals surface area contributed by atoms with Crippen molar-refractivity contribution in [2.24, 2.45) is 0 Å². The normalized spacial score (nSPS) is 10.7. The zero-order valence-electron chi connectivity index (χ0n) is 10.2. The van der Waals surface area contributed by atoms with Gasteiger partial charge in [0.2, 0.25) is 0 Å². The summed E-state index contributed by atoms with van der Waals surface area (Å²) in [6.45, 7) is 0. The van der Waals surface area contributed by atoms with Crippen molar-refractivity contribution in [2.45, 2.75) is 0 Å². The smallest absolute Gasteiger partial charge is 0.259 e. The number of nitrogens with one attached hydrogen (secondary N) is 1. The quantitative estimate of drug-likeness (QED) is 0.708. The van der Waals surface area contributed by atoms with Crippen LogP contribution in [0, 0.1) is 0 Å². The van der Waals surface area contributed by atoms with Gasteiger partial charge in [0, 0.05) is 18.1 Å². The summed E-state index contributed by atoms with van der Waals surface area (Å²) in [6.07, 6.45) is 6.31. The molecule has 3 N–H and O–H groups in total. The van der Waals surface area contributed by atoms with Gasteiger partial charge in [-0.2, -0.15) is 5.10 Å². The number of nitrogens with two attached hydrogens (primary N) is 1. The summed E-state index contributed by atoms with van der Waals surface area (Å²) in [4.78, 5) is 16.2. The zero-order valence-corrected chi connectivity index (χ0v) is 11.0. The number of aromatic nitrogens is 3. The first-order chi connectivity index (χ1) is 9.65. The Labute approximate surface area is 119 Å². The van der Waals surface area contributed by atoms with E-state index in [2.05, 4.69) is 15.4 Å². The van der Waals surface area contributed by atoms with E-state index in [0.717, 1.165) is 0 Å². The molecule has 0 spiro atoms. The zero-order chi connectivity index (χ0) is 14.1. The summed E-state index contributed by atoms with van der Waals surface area (Å²) in [5.74, 6) is -0.319. The van der Waals surface area contributed by atoms with Crippen LogP contribution in [-0.2, 0) is 0 Å². The molecule has 0 saturated carbocycles. The van der Waals surface area contributed by atoms with E-state index in [9.17, 15) is 4.79 Å². The fraction of sp³-hybridized carbons (Fsp3) is 0. The first-order valence-electron chi connectivity index (χ1n) is 5.79. The van der Waals surface area contributed by atoms with Gasteiger partial charge in [0.15, 0.2) is 0 Å². The topological polar surface area (TPSA) is 85.3 Å². The molecule has 1 amide bonds. The van der Waals surface area contributed by atoms with Crippen LogP contribution in [0.25, 0.3) is 5.52 Å². The van der Waals surface area contributed by atoms with E-state index in [0.29, 0.717) is 27.5 Å². The molecule has 1 aromatic carbocycles. The summed E-state index contributed by atoms with van der Waals surface area (Å²) in [6, 6.07) is 4.89. The van der Waals surface area contributed by atoms with E-state index in [1.165, 1.54) is 6.20 Å². The highest BCUT2D eigenvalue weighted by atomic mass is 35.5. The van der Waals surface area contributed by atoms with Crippen molar-refractivity contribution in [3.8, 4) is 0 Å². The second-order valence-corrected chi connectivity index (χ2v) is 4.56. The number of anilines is 2. The second kappa shape index (κ2) is 4.82. The first kappa shape index (κ1) is 12.4. The van der Waals surface area contributed by atoms with Gasteiger partial charge in [-0.3, -0.25) is 9.78 Å².